The monoisotopic (exact) mass is 589 g/mol. The fourth-order valence-electron chi connectivity index (χ4n) is 3.13. The minimum absolute atomic E-state index is 0.147. The summed E-state index contributed by atoms with van der Waals surface area (Å²) < 4.78 is 176. The summed E-state index contributed by atoms with van der Waals surface area (Å²) in [6.07, 6.45) is -2.18. The number of hydrogen-bond acceptors (Lipinski definition) is 8. The van der Waals surface area contributed by atoms with Crippen molar-refractivity contribution >= 4 is 39.7 Å². The van der Waals surface area contributed by atoms with Crippen molar-refractivity contribution in [3.63, 3.8) is 0 Å². The molecule has 0 amide bonds. The van der Waals surface area contributed by atoms with Crippen molar-refractivity contribution in [3.8, 4) is 17.6 Å². The van der Waals surface area contributed by atoms with Crippen LogP contribution in [0.3, 0.4) is 0 Å². The fraction of sp³-hybridized carbons (Fsp3) is 0.250. The van der Waals surface area contributed by atoms with Gasteiger partial charge in [0.1, 0.15) is 24.1 Å². The number of carbonyl (C=O) groups is 1. The van der Waals surface area contributed by atoms with E-state index >= 15 is 0 Å². The first-order chi connectivity index (χ1) is 27.8. The largest absolute Gasteiger partial charge is 0.494 e. The molecule has 1 N–H and O–H groups in total. The molecule has 0 saturated carbocycles. The number of aromatic nitrogens is 2. The molecule has 0 aliphatic heterocycles. The molecular weight excluding hydrogens is 538 g/mol. The van der Waals surface area contributed by atoms with Crippen LogP contribution in [0.2, 0.25) is 5.02 Å². The van der Waals surface area contributed by atoms with Crippen molar-refractivity contribution in [2.24, 2.45) is 0 Å². The molecule has 8 nitrogen and oxygen atoms in total. The van der Waals surface area contributed by atoms with Gasteiger partial charge in [-0.1, -0.05) is 23.7 Å². The maximum absolute atomic E-state index is 13.5. The number of benzene rings is 2. The second kappa shape index (κ2) is 13.8. The number of ether oxygens (including phenoxy) is 2. The lowest BCUT2D eigenvalue weighted by Gasteiger charge is -2.16. The molecule has 0 spiro atoms. The Hall–Kier alpha value is -4.45. The Morgan fingerprint density at radius 3 is 2.90 bits per heavy atom. The van der Waals surface area contributed by atoms with Gasteiger partial charge in [-0.2, -0.15) is 5.26 Å². The molecule has 0 atom stereocenters. The van der Waals surface area contributed by atoms with Crippen LogP contribution in [0.5, 0.6) is 11.5 Å². The molecule has 2 aromatic carbocycles. The van der Waals surface area contributed by atoms with E-state index in [2.05, 4.69) is 15.3 Å². The van der Waals surface area contributed by atoms with Gasteiger partial charge in [-0.3, -0.25) is 14.8 Å². The van der Waals surface area contributed by atoms with Crippen LogP contribution in [0.15, 0.2) is 66.6 Å². The van der Waals surface area contributed by atoms with Gasteiger partial charge in [-0.25, -0.2) is 0 Å². The molecule has 41 heavy (non-hydrogen) atoms. The Morgan fingerprint density at radius 1 is 1.27 bits per heavy atom. The number of rotatable bonds is 12. The Kier molecular flexibility index (Phi) is 4.37. The number of nitrogens with one attached hydrogen (secondary N) is 1. The number of fused-ring (bicyclic) bond motifs is 1. The number of nitrogens with zero attached hydrogens (tertiary/aromatic N) is 4. The van der Waals surface area contributed by atoms with Crippen molar-refractivity contribution in [2.75, 3.05) is 32.5 Å². The number of hydrogen-bond donors (Lipinski definition) is 1. The van der Waals surface area contributed by atoms with Crippen LogP contribution in [-0.2, 0) is 17.8 Å². The van der Waals surface area contributed by atoms with E-state index < -0.39 is 161 Å². The zero-order valence-electron chi connectivity index (χ0n) is 41.6. The van der Waals surface area contributed by atoms with E-state index in [1.807, 2.05) is 0 Å². The summed E-state index contributed by atoms with van der Waals surface area (Å²) in [5, 5.41) is 11.1. The average molecular weight is 590 g/mol. The van der Waals surface area contributed by atoms with E-state index in [1.165, 1.54) is 21.0 Å². The molecule has 2 aromatic heterocycles. The van der Waals surface area contributed by atoms with Crippen LogP contribution in [0.4, 0.5) is 11.4 Å². The topological polar surface area (TPSA) is 100 Å². The van der Waals surface area contributed by atoms with E-state index in [9.17, 15) is 11.4 Å². The van der Waals surface area contributed by atoms with Crippen LogP contribution < -0.4 is 14.8 Å². The standard InChI is InChI=1S/C32H32ClN5O3/c1-5-40-31-17-29-27(15-22(31)14-26(39)10-7-13-38(3)4)32(23(18-34)19-35-29)37-24-11-12-30(28(33)16-24)41-20-25-9-6-8-21(2)36-25/h6-12,15-17,19H,5,13-14,20H2,1-4H3,(H,35,37)/b10-7+/i1D3,5D2,6D,7D,8D,9D,10D,11D,12D,13D2,15D,16D,17D,19D,20D2. The maximum Gasteiger partial charge on any atom is 0.159 e. The number of carbonyl (C=O) groups excluding carboxylic acids is 1. The van der Waals surface area contributed by atoms with Gasteiger partial charge in [0.25, 0.3) is 0 Å². The molecule has 0 fully saturated rings. The van der Waals surface area contributed by atoms with E-state index in [0.717, 1.165) is 4.90 Å². The second-order valence-electron chi connectivity index (χ2n) is 8.07. The molecule has 0 aliphatic rings. The van der Waals surface area contributed by atoms with Gasteiger partial charge >= 0.3 is 0 Å². The number of nitriles is 1. The molecule has 0 radical (unpaired) electrons. The Morgan fingerprint density at radius 2 is 2.12 bits per heavy atom. The van der Waals surface area contributed by atoms with Crippen molar-refractivity contribution in [1.82, 2.24) is 14.9 Å². The maximum atomic E-state index is 13.5. The summed E-state index contributed by atoms with van der Waals surface area (Å²) in [5.74, 6) is -3.43. The number of anilines is 2. The third-order valence-corrected chi connectivity index (χ3v) is 5.09. The van der Waals surface area contributed by atoms with Gasteiger partial charge in [0, 0.05) is 54.3 Å². The molecule has 4 aromatic rings. The second-order valence-corrected chi connectivity index (χ2v) is 8.45. The molecule has 0 unspecified atom stereocenters. The first-order valence-corrected chi connectivity index (χ1v) is 11.8. The molecule has 0 aliphatic carbocycles. The van der Waals surface area contributed by atoms with Crippen molar-refractivity contribution in [1.29, 1.82) is 5.26 Å². The Labute approximate surface area is 273 Å². The van der Waals surface area contributed by atoms with Crippen molar-refractivity contribution in [2.45, 2.75) is 26.8 Å². The summed E-state index contributed by atoms with van der Waals surface area (Å²) >= 11 is 6.41. The van der Waals surface area contributed by atoms with E-state index in [-0.39, 0.29) is 5.69 Å². The van der Waals surface area contributed by atoms with Gasteiger partial charge in [0.05, 0.1) is 54.6 Å². The Balaban J connectivity index is 2.04. The fourth-order valence-corrected chi connectivity index (χ4v) is 3.31. The summed E-state index contributed by atoms with van der Waals surface area (Å²) in [4.78, 5) is 22.1. The number of pyridine rings is 2. The third kappa shape index (κ3) is 7.82. The van der Waals surface area contributed by atoms with Crippen molar-refractivity contribution < 1.29 is 41.7 Å². The zero-order chi connectivity index (χ0) is 46.8. The van der Waals surface area contributed by atoms with Gasteiger partial charge in [-0.05, 0) is 70.2 Å². The van der Waals surface area contributed by atoms with Crippen LogP contribution in [0, 0.1) is 18.3 Å². The van der Waals surface area contributed by atoms with Crippen LogP contribution >= 0.6 is 11.6 Å². The zero-order valence-corrected chi connectivity index (χ0v) is 22.4. The van der Waals surface area contributed by atoms with E-state index in [0.29, 0.717) is 0 Å². The smallest absolute Gasteiger partial charge is 0.159 e. The lowest BCUT2D eigenvalue weighted by atomic mass is 10.0. The van der Waals surface area contributed by atoms with E-state index in [4.69, 9.17) is 47.1 Å². The summed E-state index contributed by atoms with van der Waals surface area (Å²) in [6.45, 7) is -11.8. The van der Waals surface area contributed by atoms with E-state index in [1.54, 1.807) is 6.07 Å². The van der Waals surface area contributed by atoms with Gasteiger partial charge < -0.3 is 19.7 Å². The minimum Gasteiger partial charge on any atom is -0.494 e. The predicted octanol–water partition coefficient (Wildman–Crippen LogP) is 6.41. The summed E-state index contributed by atoms with van der Waals surface area (Å²) in [7, 11) is 2.42. The minimum atomic E-state index is -3.63. The molecular formula is C32H32ClN5O3. The molecule has 210 valence electrons. The first-order valence-electron chi connectivity index (χ1n) is 21.4. The highest BCUT2D eigenvalue weighted by atomic mass is 35.5. The summed E-state index contributed by atoms with van der Waals surface area (Å²) in [6, 6.07) is -7.73. The molecule has 0 bridgehead atoms. The molecule has 9 heteroatoms. The Bertz CT molecular complexity index is 2550. The quantitative estimate of drug-likeness (QED) is 0.189. The van der Waals surface area contributed by atoms with Gasteiger partial charge in [0.2, 0.25) is 0 Å². The number of allylic oxidation sites excluding steroid dienone is 1. The molecule has 2 heterocycles. The third-order valence-electron chi connectivity index (χ3n) is 4.82. The highest BCUT2D eigenvalue weighted by Crippen LogP contribution is 2.36. The molecule has 0 saturated heterocycles. The van der Waals surface area contributed by atoms with Crippen LogP contribution in [0.25, 0.3) is 10.9 Å². The average Bonchev–Trinajstić information content (AvgIpc) is 3.16. The molecule has 4 rings (SSSR count). The normalized spacial score (nSPS) is 20.0. The SMILES string of the molecule is [2H]/C(C(=O)Cc1c(OC([2H])([2H])C([2H])([2H])[2H])c([2H])c2nc([2H])c(C#N)c(Nc3c([2H])c([2H])c(OC([2H])([2H])c4nc(C)c([2H])c([2H])c4[2H])c(Cl)c3[2H])c2c1[2H])=C(/[2H])C([2H])([2H])N(C)C. The van der Waals surface area contributed by atoms with Crippen LogP contribution in [-0.4, -0.2) is 47.8 Å². The lowest BCUT2D eigenvalue weighted by Crippen LogP contribution is -2.11. The summed E-state index contributed by atoms with van der Waals surface area (Å²) in [5.41, 5.74) is -4.73. The highest BCUT2D eigenvalue weighted by molar-refractivity contribution is 6.32. The van der Waals surface area contributed by atoms with Crippen LogP contribution in [0.1, 0.15) is 56.8 Å². The number of ketones is 1. The number of aryl methyl sites for hydroxylation is 1. The van der Waals surface area contributed by atoms with Crippen molar-refractivity contribution in [3.05, 3.63) is 94.2 Å². The number of likely N-dealkylation sites (N-methyl/N-ethyl adjacent to an activating group) is 1. The number of halogens is 1. The lowest BCUT2D eigenvalue weighted by molar-refractivity contribution is -0.114. The predicted molar refractivity (Wildman–Crippen MR) is 162 cm³/mol. The van der Waals surface area contributed by atoms with Gasteiger partial charge in [0.15, 0.2) is 5.78 Å². The first kappa shape index (κ1) is 13.0. The van der Waals surface area contributed by atoms with Gasteiger partial charge in [-0.15, -0.1) is 0 Å². The highest BCUT2D eigenvalue weighted by Gasteiger charge is 2.16.